The van der Waals surface area contributed by atoms with Crippen molar-refractivity contribution < 1.29 is 14.3 Å². The molecule has 0 spiro atoms. The lowest BCUT2D eigenvalue weighted by molar-refractivity contribution is -0.138. The van der Waals surface area contributed by atoms with Gasteiger partial charge in [0.05, 0.1) is 5.92 Å². The Hall–Kier alpha value is -2.43. The predicted molar refractivity (Wildman–Crippen MR) is 81.2 cm³/mol. The van der Waals surface area contributed by atoms with Crippen molar-refractivity contribution in [3.63, 3.8) is 0 Å². The summed E-state index contributed by atoms with van der Waals surface area (Å²) in [5, 5.41) is 12.0. The first-order chi connectivity index (χ1) is 10.5. The summed E-state index contributed by atoms with van der Waals surface area (Å²) in [5.41, 5.74) is 2.55. The van der Waals surface area contributed by atoms with E-state index in [0.29, 0.717) is 24.3 Å². The molecule has 2 aromatic rings. The third-order valence-electron chi connectivity index (χ3n) is 3.98. The number of carbonyl (C=O) groups is 1. The van der Waals surface area contributed by atoms with Gasteiger partial charge >= 0.3 is 5.97 Å². The molecule has 1 fully saturated rings. The smallest absolute Gasteiger partial charge is 0.307 e. The number of pyridine rings is 1. The molecule has 1 aliphatic carbocycles. The first-order valence-electron chi connectivity index (χ1n) is 7.22. The Morgan fingerprint density at radius 3 is 2.86 bits per heavy atom. The fourth-order valence-corrected chi connectivity index (χ4v) is 2.59. The number of rotatable bonds is 5. The molecule has 1 heterocycles. The van der Waals surface area contributed by atoms with Gasteiger partial charge in [-0.25, -0.2) is 9.37 Å². The number of benzene rings is 1. The van der Waals surface area contributed by atoms with Gasteiger partial charge in [-0.15, -0.1) is 0 Å². The van der Waals surface area contributed by atoms with Gasteiger partial charge in [0.15, 0.2) is 0 Å². The molecule has 1 aliphatic rings. The number of halogens is 1. The van der Waals surface area contributed by atoms with Gasteiger partial charge in [0.1, 0.15) is 11.6 Å². The molecule has 0 unspecified atom stereocenters. The van der Waals surface area contributed by atoms with Crippen molar-refractivity contribution in [3.8, 4) is 0 Å². The van der Waals surface area contributed by atoms with Gasteiger partial charge in [-0.3, -0.25) is 4.79 Å². The average molecular weight is 300 g/mol. The lowest BCUT2D eigenvalue weighted by Gasteiger charge is -2.08. The minimum atomic E-state index is -0.748. The van der Waals surface area contributed by atoms with Crippen molar-refractivity contribution in [1.82, 2.24) is 4.98 Å². The van der Waals surface area contributed by atoms with E-state index in [0.717, 1.165) is 11.1 Å². The Balaban J connectivity index is 1.62. The van der Waals surface area contributed by atoms with Crippen LogP contribution < -0.4 is 5.32 Å². The third-order valence-corrected chi connectivity index (χ3v) is 3.98. The SMILES string of the molecule is Cc1ccc(F)c(CNc2ccc([C@@H]3C[C@H]3C(=O)O)cn2)c1. The minimum absolute atomic E-state index is 0.0771. The van der Waals surface area contributed by atoms with E-state index in [4.69, 9.17) is 5.11 Å². The molecule has 0 bridgehead atoms. The molecule has 0 aliphatic heterocycles. The summed E-state index contributed by atoms with van der Waals surface area (Å²) in [5.74, 6) is -0.536. The van der Waals surface area contributed by atoms with E-state index in [1.165, 1.54) is 6.07 Å². The van der Waals surface area contributed by atoms with Crippen LogP contribution in [0.5, 0.6) is 0 Å². The number of nitrogens with one attached hydrogen (secondary N) is 1. The van der Waals surface area contributed by atoms with E-state index in [-0.39, 0.29) is 17.7 Å². The highest BCUT2D eigenvalue weighted by molar-refractivity contribution is 5.75. The van der Waals surface area contributed by atoms with Crippen molar-refractivity contribution in [1.29, 1.82) is 0 Å². The fourth-order valence-electron chi connectivity index (χ4n) is 2.59. The summed E-state index contributed by atoms with van der Waals surface area (Å²) >= 11 is 0. The Kier molecular flexibility index (Phi) is 3.79. The lowest BCUT2D eigenvalue weighted by atomic mass is 10.1. The van der Waals surface area contributed by atoms with Crippen molar-refractivity contribution in [2.45, 2.75) is 25.8 Å². The van der Waals surface area contributed by atoms with Crippen LogP contribution in [0.15, 0.2) is 36.5 Å². The normalized spacial score (nSPS) is 19.7. The molecule has 1 saturated carbocycles. The Morgan fingerprint density at radius 2 is 2.23 bits per heavy atom. The minimum Gasteiger partial charge on any atom is -0.481 e. The zero-order valence-corrected chi connectivity index (χ0v) is 12.2. The molecule has 2 atom stereocenters. The number of aromatic nitrogens is 1. The topological polar surface area (TPSA) is 62.2 Å². The van der Waals surface area contributed by atoms with E-state index in [1.807, 2.05) is 13.0 Å². The molecule has 0 radical (unpaired) electrons. The summed E-state index contributed by atoms with van der Waals surface area (Å²) in [6, 6.07) is 8.69. The number of hydrogen-bond donors (Lipinski definition) is 2. The molecule has 114 valence electrons. The van der Waals surface area contributed by atoms with E-state index in [9.17, 15) is 9.18 Å². The zero-order valence-electron chi connectivity index (χ0n) is 12.2. The Labute approximate surface area is 128 Å². The van der Waals surface area contributed by atoms with Gasteiger partial charge in [0, 0.05) is 18.3 Å². The molecule has 22 heavy (non-hydrogen) atoms. The number of hydrogen-bond acceptors (Lipinski definition) is 3. The molecule has 4 nitrogen and oxygen atoms in total. The number of nitrogens with zero attached hydrogens (tertiary/aromatic N) is 1. The van der Waals surface area contributed by atoms with Crippen LogP contribution in [0.2, 0.25) is 0 Å². The van der Waals surface area contributed by atoms with E-state index in [2.05, 4.69) is 10.3 Å². The number of carboxylic acid groups (broad SMARTS) is 1. The molecule has 3 rings (SSSR count). The third kappa shape index (κ3) is 3.08. The Morgan fingerprint density at radius 1 is 1.41 bits per heavy atom. The molecule has 1 aromatic carbocycles. The summed E-state index contributed by atoms with van der Waals surface area (Å²) in [6.07, 6.45) is 2.38. The summed E-state index contributed by atoms with van der Waals surface area (Å²) in [6.45, 7) is 2.28. The van der Waals surface area contributed by atoms with E-state index in [1.54, 1.807) is 24.4 Å². The van der Waals surface area contributed by atoms with E-state index < -0.39 is 5.97 Å². The van der Waals surface area contributed by atoms with Gasteiger partial charge in [0.25, 0.3) is 0 Å². The molecular weight excluding hydrogens is 283 g/mol. The standard InChI is InChI=1S/C17H17FN2O2/c1-10-2-4-15(18)12(6-10)9-20-16-5-3-11(8-19-16)13-7-14(13)17(21)22/h2-6,8,13-14H,7,9H2,1H3,(H,19,20)(H,21,22)/t13-,14+/m0/s1. The Bertz CT molecular complexity index is 700. The number of carboxylic acids is 1. The van der Waals surface area contributed by atoms with Crippen molar-refractivity contribution >= 4 is 11.8 Å². The largest absolute Gasteiger partial charge is 0.481 e. The lowest BCUT2D eigenvalue weighted by Crippen LogP contribution is -2.04. The maximum Gasteiger partial charge on any atom is 0.307 e. The number of aryl methyl sites for hydroxylation is 1. The van der Waals surface area contributed by atoms with Crippen LogP contribution in [0.4, 0.5) is 10.2 Å². The highest BCUT2D eigenvalue weighted by atomic mass is 19.1. The van der Waals surface area contributed by atoms with Gasteiger partial charge < -0.3 is 10.4 Å². The first-order valence-corrected chi connectivity index (χ1v) is 7.22. The van der Waals surface area contributed by atoms with E-state index >= 15 is 0 Å². The van der Waals surface area contributed by atoms with Crippen LogP contribution in [0.1, 0.15) is 29.0 Å². The molecular formula is C17H17FN2O2. The van der Waals surface area contributed by atoms with Crippen LogP contribution >= 0.6 is 0 Å². The second-order valence-corrected chi connectivity index (χ2v) is 5.71. The van der Waals surface area contributed by atoms with Crippen LogP contribution in [-0.2, 0) is 11.3 Å². The molecule has 1 aromatic heterocycles. The highest BCUT2D eigenvalue weighted by Crippen LogP contribution is 2.47. The van der Waals surface area contributed by atoms with Gasteiger partial charge in [0.2, 0.25) is 0 Å². The predicted octanol–water partition coefficient (Wildman–Crippen LogP) is 3.33. The van der Waals surface area contributed by atoms with Gasteiger partial charge in [-0.1, -0.05) is 23.8 Å². The first kappa shape index (κ1) is 14.5. The molecule has 0 saturated heterocycles. The maximum absolute atomic E-state index is 13.7. The van der Waals surface area contributed by atoms with Crippen LogP contribution in [0.3, 0.4) is 0 Å². The second-order valence-electron chi connectivity index (χ2n) is 5.71. The average Bonchev–Trinajstić information content (AvgIpc) is 3.29. The number of aliphatic carboxylic acids is 1. The van der Waals surface area contributed by atoms with Crippen LogP contribution in [0, 0.1) is 18.7 Å². The van der Waals surface area contributed by atoms with Crippen LogP contribution in [0.25, 0.3) is 0 Å². The van der Waals surface area contributed by atoms with Crippen LogP contribution in [-0.4, -0.2) is 16.1 Å². The number of anilines is 1. The zero-order chi connectivity index (χ0) is 15.7. The van der Waals surface area contributed by atoms with Gasteiger partial charge in [-0.2, -0.15) is 0 Å². The van der Waals surface area contributed by atoms with Crippen molar-refractivity contribution in [3.05, 3.63) is 59.0 Å². The maximum atomic E-state index is 13.7. The second kappa shape index (κ2) is 5.75. The quantitative estimate of drug-likeness (QED) is 0.889. The van der Waals surface area contributed by atoms with Crippen molar-refractivity contribution in [2.24, 2.45) is 5.92 Å². The highest BCUT2D eigenvalue weighted by Gasteiger charge is 2.44. The fraction of sp³-hybridized carbons (Fsp3) is 0.294. The summed E-state index contributed by atoms with van der Waals surface area (Å²) < 4.78 is 13.7. The van der Waals surface area contributed by atoms with Gasteiger partial charge in [-0.05, 0) is 37.0 Å². The molecule has 0 amide bonds. The molecule has 5 heteroatoms. The molecule has 2 N–H and O–H groups in total. The van der Waals surface area contributed by atoms with Crippen molar-refractivity contribution in [2.75, 3.05) is 5.32 Å². The monoisotopic (exact) mass is 300 g/mol. The summed E-state index contributed by atoms with van der Waals surface area (Å²) in [7, 11) is 0. The summed E-state index contributed by atoms with van der Waals surface area (Å²) in [4.78, 5) is 15.1.